The van der Waals surface area contributed by atoms with Crippen LogP contribution < -0.4 is 10.6 Å². The van der Waals surface area contributed by atoms with Crippen LogP contribution in [0.1, 0.15) is 32.1 Å². The molecule has 2 aliphatic rings. The predicted molar refractivity (Wildman–Crippen MR) is 78.3 cm³/mol. The van der Waals surface area contributed by atoms with Crippen LogP contribution in [0.25, 0.3) is 0 Å². The van der Waals surface area contributed by atoms with Gasteiger partial charge in [-0.1, -0.05) is 12.8 Å². The summed E-state index contributed by atoms with van der Waals surface area (Å²) < 4.78 is 0. The molecule has 0 radical (unpaired) electrons. The molecule has 0 spiro atoms. The third kappa shape index (κ3) is 4.07. The van der Waals surface area contributed by atoms with Gasteiger partial charge in [0, 0.05) is 13.1 Å². The number of carbonyl (C=O) groups is 3. The van der Waals surface area contributed by atoms with Gasteiger partial charge >= 0.3 is 12.0 Å². The molecule has 3 atom stereocenters. The van der Waals surface area contributed by atoms with Crippen molar-refractivity contribution in [3.63, 3.8) is 0 Å². The van der Waals surface area contributed by atoms with Gasteiger partial charge in [0.1, 0.15) is 6.04 Å². The molecule has 0 aromatic heterocycles. The Bertz CT molecular complexity index is 418. The lowest BCUT2D eigenvalue weighted by Gasteiger charge is -2.32. The first-order valence-corrected chi connectivity index (χ1v) is 7.03. The molecule has 3 N–H and O–H groups in total. The van der Waals surface area contributed by atoms with Crippen LogP contribution >= 0.6 is 12.4 Å². The van der Waals surface area contributed by atoms with Gasteiger partial charge in [0.05, 0.1) is 6.54 Å². The van der Waals surface area contributed by atoms with Crippen molar-refractivity contribution in [2.75, 3.05) is 13.6 Å². The highest BCUT2D eigenvalue weighted by molar-refractivity contribution is 5.95. The average molecular weight is 320 g/mol. The number of hydrogen-bond acceptors (Lipinski definition) is 4. The fourth-order valence-corrected chi connectivity index (χ4v) is 3.42. The molecule has 2 fully saturated rings. The van der Waals surface area contributed by atoms with Crippen LogP contribution in [0, 0.1) is 5.92 Å². The van der Waals surface area contributed by atoms with E-state index in [1.54, 1.807) is 4.90 Å². The number of nitrogens with one attached hydrogen (secondary N) is 2. The van der Waals surface area contributed by atoms with E-state index in [2.05, 4.69) is 10.6 Å². The van der Waals surface area contributed by atoms with Gasteiger partial charge in [-0.25, -0.2) is 4.79 Å². The topological polar surface area (TPSA) is 98.7 Å². The summed E-state index contributed by atoms with van der Waals surface area (Å²) in [5.74, 6) is -0.980. The number of aliphatic carboxylic acids is 1. The van der Waals surface area contributed by atoms with E-state index in [9.17, 15) is 19.5 Å². The number of likely N-dealkylation sites (tertiary alicyclic amines) is 1. The van der Waals surface area contributed by atoms with E-state index in [0.717, 1.165) is 25.7 Å². The van der Waals surface area contributed by atoms with E-state index in [1.165, 1.54) is 7.05 Å². The number of fused-ring (bicyclic) bond motifs is 1. The second-order valence-corrected chi connectivity index (χ2v) is 5.50. The highest BCUT2D eigenvalue weighted by atomic mass is 35.5. The summed E-state index contributed by atoms with van der Waals surface area (Å²) in [7, 11) is 1.43. The standard InChI is InChI=1S/C13H21N3O4.ClH/c1-14-13(20)15-11(17)7-16-9-5-3-2-4-8(9)6-10(16)12(18)19;/h8-10H,2-7H2,1H3,(H,18,19)(H2,14,15,17,20);1H. The lowest BCUT2D eigenvalue weighted by atomic mass is 9.85. The number of imide groups is 1. The Morgan fingerprint density at radius 3 is 2.52 bits per heavy atom. The predicted octanol–water partition coefficient (Wildman–Crippen LogP) is 0.582. The Labute approximate surface area is 129 Å². The summed E-state index contributed by atoms with van der Waals surface area (Å²) >= 11 is 0. The Hall–Kier alpha value is -1.34. The molecular formula is C13H22ClN3O4. The molecular weight excluding hydrogens is 298 g/mol. The number of urea groups is 1. The van der Waals surface area contributed by atoms with Crippen molar-refractivity contribution in [3.05, 3.63) is 0 Å². The maximum Gasteiger partial charge on any atom is 0.321 e. The first-order chi connectivity index (χ1) is 9.52. The van der Waals surface area contributed by atoms with Crippen molar-refractivity contribution in [2.45, 2.75) is 44.2 Å². The van der Waals surface area contributed by atoms with Gasteiger partial charge in [0.25, 0.3) is 0 Å². The van der Waals surface area contributed by atoms with E-state index >= 15 is 0 Å². The number of carbonyl (C=O) groups excluding carboxylic acids is 2. The van der Waals surface area contributed by atoms with E-state index in [0.29, 0.717) is 12.3 Å². The number of nitrogens with zero attached hydrogens (tertiary/aromatic N) is 1. The highest BCUT2D eigenvalue weighted by Gasteiger charge is 2.45. The molecule has 120 valence electrons. The zero-order chi connectivity index (χ0) is 14.7. The molecule has 1 aliphatic heterocycles. The largest absolute Gasteiger partial charge is 0.480 e. The second-order valence-electron chi connectivity index (χ2n) is 5.50. The summed E-state index contributed by atoms with van der Waals surface area (Å²) in [4.78, 5) is 36.0. The number of rotatable bonds is 3. The molecule has 1 heterocycles. The van der Waals surface area contributed by atoms with Gasteiger partial charge in [0.15, 0.2) is 0 Å². The second kappa shape index (κ2) is 7.61. The Morgan fingerprint density at radius 1 is 1.24 bits per heavy atom. The summed E-state index contributed by atoms with van der Waals surface area (Å²) in [6, 6.07) is -1.03. The molecule has 0 aromatic rings. The summed E-state index contributed by atoms with van der Waals surface area (Å²) in [6.07, 6.45) is 4.77. The van der Waals surface area contributed by atoms with Gasteiger partial charge < -0.3 is 10.4 Å². The molecule has 3 unspecified atom stereocenters. The first-order valence-electron chi connectivity index (χ1n) is 7.03. The number of hydrogen-bond donors (Lipinski definition) is 3. The molecule has 0 bridgehead atoms. The summed E-state index contributed by atoms with van der Waals surface area (Å²) in [5.41, 5.74) is 0. The van der Waals surface area contributed by atoms with Crippen LogP contribution in [0.5, 0.6) is 0 Å². The van der Waals surface area contributed by atoms with Crippen LogP contribution in [-0.2, 0) is 9.59 Å². The molecule has 0 aromatic carbocycles. The quantitative estimate of drug-likeness (QED) is 0.707. The zero-order valence-corrected chi connectivity index (χ0v) is 12.8. The number of carboxylic acid groups (broad SMARTS) is 1. The van der Waals surface area contributed by atoms with Crippen molar-refractivity contribution in [3.8, 4) is 0 Å². The normalized spacial score (nSPS) is 28.1. The molecule has 1 saturated heterocycles. The Balaban J connectivity index is 0.00000220. The molecule has 21 heavy (non-hydrogen) atoms. The number of amides is 3. The first kappa shape index (κ1) is 17.7. The molecule has 2 rings (SSSR count). The third-order valence-corrected chi connectivity index (χ3v) is 4.31. The lowest BCUT2D eigenvalue weighted by Crippen LogP contribution is -2.49. The zero-order valence-electron chi connectivity index (χ0n) is 12.0. The van der Waals surface area contributed by atoms with E-state index in [1.807, 2.05) is 0 Å². The smallest absolute Gasteiger partial charge is 0.321 e. The lowest BCUT2D eigenvalue weighted by molar-refractivity contribution is -0.143. The van der Waals surface area contributed by atoms with Crippen molar-refractivity contribution in [2.24, 2.45) is 5.92 Å². The Kier molecular flexibility index (Phi) is 6.42. The highest BCUT2D eigenvalue weighted by Crippen LogP contribution is 2.39. The maximum atomic E-state index is 11.8. The van der Waals surface area contributed by atoms with Crippen LogP contribution in [0.3, 0.4) is 0 Å². The average Bonchev–Trinajstić information content (AvgIpc) is 2.78. The van der Waals surface area contributed by atoms with Crippen LogP contribution in [-0.4, -0.2) is 53.6 Å². The minimum Gasteiger partial charge on any atom is -0.480 e. The Morgan fingerprint density at radius 2 is 1.90 bits per heavy atom. The monoisotopic (exact) mass is 319 g/mol. The van der Waals surface area contributed by atoms with Crippen molar-refractivity contribution in [1.29, 1.82) is 0 Å². The third-order valence-electron chi connectivity index (χ3n) is 4.31. The van der Waals surface area contributed by atoms with Crippen molar-refractivity contribution >= 4 is 30.3 Å². The van der Waals surface area contributed by atoms with E-state index in [-0.39, 0.29) is 25.0 Å². The number of halogens is 1. The van der Waals surface area contributed by atoms with Gasteiger partial charge in [-0.3, -0.25) is 19.8 Å². The van der Waals surface area contributed by atoms with Crippen LogP contribution in [0.15, 0.2) is 0 Å². The van der Waals surface area contributed by atoms with Gasteiger partial charge in [-0.2, -0.15) is 0 Å². The van der Waals surface area contributed by atoms with Crippen LogP contribution in [0.4, 0.5) is 4.79 Å². The number of carboxylic acids is 1. The molecule has 1 saturated carbocycles. The molecule has 3 amide bonds. The molecule has 1 aliphatic carbocycles. The minimum atomic E-state index is -0.882. The molecule has 7 nitrogen and oxygen atoms in total. The summed E-state index contributed by atoms with van der Waals surface area (Å²) in [5, 5.41) is 13.8. The SMILES string of the molecule is CNC(=O)NC(=O)CN1C(C(=O)O)CC2CCCCC21.Cl. The van der Waals surface area contributed by atoms with E-state index < -0.39 is 23.9 Å². The maximum absolute atomic E-state index is 11.8. The fourth-order valence-electron chi connectivity index (χ4n) is 3.42. The van der Waals surface area contributed by atoms with Gasteiger partial charge in [0.2, 0.25) is 5.91 Å². The van der Waals surface area contributed by atoms with E-state index in [4.69, 9.17) is 0 Å². The fraction of sp³-hybridized carbons (Fsp3) is 0.769. The summed E-state index contributed by atoms with van der Waals surface area (Å²) in [6.45, 7) is -0.0362. The van der Waals surface area contributed by atoms with Crippen LogP contribution in [0.2, 0.25) is 0 Å². The van der Waals surface area contributed by atoms with Gasteiger partial charge in [-0.05, 0) is 25.2 Å². The molecule has 8 heteroatoms. The van der Waals surface area contributed by atoms with Crippen molar-refractivity contribution in [1.82, 2.24) is 15.5 Å². The van der Waals surface area contributed by atoms with Crippen molar-refractivity contribution < 1.29 is 19.5 Å². The van der Waals surface area contributed by atoms with Gasteiger partial charge in [-0.15, -0.1) is 12.4 Å². The minimum absolute atomic E-state index is 0.